The van der Waals surface area contributed by atoms with E-state index in [4.69, 9.17) is 20.2 Å². The van der Waals surface area contributed by atoms with Gasteiger partial charge >= 0.3 is 11.9 Å². The van der Waals surface area contributed by atoms with Crippen LogP contribution in [0.5, 0.6) is 0 Å². The van der Waals surface area contributed by atoms with Crippen LogP contribution in [0.15, 0.2) is 90.1 Å². The van der Waals surface area contributed by atoms with E-state index in [0.29, 0.717) is 18.1 Å². The summed E-state index contributed by atoms with van der Waals surface area (Å²) < 4.78 is 0. The molecule has 1 aliphatic heterocycles. The Morgan fingerprint density at radius 2 is 1.58 bits per heavy atom. The number of aliphatic imine (C=N–C) groups is 1. The first kappa shape index (κ1) is 26.3. The Morgan fingerprint density at radius 1 is 0.944 bits per heavy atom. The second kappa shape index (κ2) is 12.4. The van der Waals surface area contributed by atoms with Crippen molar-refractivity contribution < 1.29 is 19.8 Å². The first-order valence-corrected chi connectivity index (χ1v) is 11.5. The van der Waals surface area contributed by atoms with E-state index in [9.17, 15) is 9.59 Å². The van der Waals surface area contributed by atoms with E-state index in [1.165, 1.54) is 0 Å². The predicted molar refractivity (Wildman–Crippen MR) is 142 cm³/mol. The van der Waals surface area contributed by atoms with Crippen LogP contribution in [-0.2, 0) is 9.59 Å². The van der Waals surface area contributed by atoms with Crippen LogP contribution in [0.1, 0.15) is 18.1 Å². The highest BCUT2D eigenvalue weighted by Crippen LogP contribution is 2.39. The highest BCUT2D eigenvalue weighted by molar-refractivity contribution is 6.18. The van der Waals surface area contributed by atoms with Gasteiger partial charge in [-0.25, -0.2) is 19.6 Å². The zero-order chi connectivity index (χ0) is 26.1. The molecule has 1 unspecified atom stereocenters. The molecule has 8 heteroatoms. The summed E-state index contributed by atoms with van der Waals surface area (Å²) in [5.41, 5.74) is 5.33. The molecule has 0 spiro atoms. The van der Waals surface area contributed by atoms with E-state index < -0.39 is 11.9 Å². The molecular weight excluding hydrogens is 456 g/mol. The third-order valence-electron chi connectivity index (χ3n) is 5.29. The largest absolute Gasteiger partial charge is 0.478 e. The van der Waals surface area contributed by atoms with Gasteiger partial charge in [-0.15, -0.1) is 0 Å². The van der Waals surface area contributed by atoms with Gasteiger partial charge in [0.1, 0.15) is 5.69 Å². The number of carboxylic acids is 2. The standard InChI is InChI=1S/C24H26N4.C4H4O4/c1-18(16-27(2)3)17-28-22-14-8-7-12-20(22)23(19-10-5-4-6-11-19)26-21-13-9-15-25-24(21)28;5-3(6)1-2-4(7)8/h4-15,18H,16-17H2,1-3H3;1-2H,(H,5,6)(H,7,8)/b;2-1+. The maximum absolute atomic E-state index is 9.55. The molecule has 4 rings (SSSR count). The van der Waals surface area contributed by atoms with Crippen LogP contribution in [0.2, 0.25) is 0 Å². The number of aliphatic carboxylic acids is 2. The number of para-hydroxylation sites is 1. The van der Waals surface area contributed by atoms with Gasteiger partial charge in [0.2, 0.25) is 0 Å². The number of hydrogen-bond donors (Lipinski definition) is 2. The average Bonchev–Trinajstić information content (AvgIpc) is 2.98. The second-order valence-electron chi connectivity index (χ2n) is 8.68. The summed E-state index contributed by atoms with van der Waals surface area (Å²) in [7, 11) is 4.24. The third kappa shape index (κ3) is 7.10. The fourth-order valence-corrected chi connectivity index (χ4v) is 4.02. The van der Waals surface area contributed by atoms with Crippen molar-refractivity contribution in [2.75, 3.05) is 32.1 Å². The Morgan fingerprint density at radius 3 is 2.22 bits per heavy atom. The lowest BCUT2D eigenvalue weighted by molar-refractivity contribution is -0.134. The van der Waals surface area contributed by atoms with E-state index in [1.807, 2.05) is 18.3 Å². The number of pyridine rings is 1. The van der Waals surface area contributed by atoms with Gasteiger partial charge in [0.25, 0.3) is 0 Å². The number of carbonyl (C=O) groups is 2. The first-order chi connectivity index (χ1) is 17.3. The lowest BCUT2D eigenvalue weighted by Crippen LogP contribution is -2.31. The number of hydrogen-bond acceptors (Lipinski definition) is 6. The Labute approximate surface area is 210 Å². The molecule has 0 fully saturated rings. The van der Waals surface area contributed by atoms with Crippen LogP contribution < -0.4 is 4.90 Å². The molecule has 2 N–H and O–H groups in total. The van der Waals surface area contributed by atoms with Crippen LogP contribution in [-0.4, -0.2) is 64.9 Å². The van der Waals surface area contributed by atoms with Crippen LogP contribution in [0, 0.1) is 5.92 Å². The molecule has 2 heterocycles. The quantitative estimate of drug-likeness (QED) is 0.470. The van der Waals surface area contributed by atoms with Gasteiger partial charge in [-0.3, -0.25) is 0 Å². The summed E-state index contributed by atoms with van der Waals surface area (Å²) in [6.45, 7) is 4.19. The van der Waals surface area contributed by atoms with Crippen molar-refractivity contribution in [1.82, 2.24) is 9.88 Å². The number of anilines is 2. The van der Waals surface area contributed by atoms with Crippen LogP contribution in [0.4, 0.5) is 17.2 Å². The predicted octanol–water partition coefficient (Wildman–Crippen LogP) is 4.61. The molecular formula is C28H30N4O4. The normalized spacial score (nSPS) is 13.1. The van der Waals surface area contributed by atoms with Crippen molar-refractivity contribution in [1.29, 1.82) is 0 Å². The monoisotopic (exact) mass is 486 g/mol. The van der Waals surface area contributed by atoms with Gasteiger partial charge in [-0.1, -0.05) is 55.5 Å². The molecule has 0 radical (unpaired) electrons. The number of benzene rings is 2. The van der Waals surface area contributed by atoms with E-state index in [1.54, 1.807) is 0 Å². The summed E-state index contributed by atoms with van der Waals surface area (Å²) in [4.78, 5) is 33.5. The van der Waals surface area contributed by atoms with Crippen molar-refractivity contribution in [2.24, 2.45) is 10.9 Å². The molecule has 8 nitrogen and oxygen atoms in total. The van der Waals surface area contributed by atoms with E-state index in [-0.39, 0.29) is 0 Å². The summed E-state index contributed by atoms with van der Waals surface area (Å²) in [5, 5.41) is 15.6. The van der Waals surface area contributed by atoms with Gasteiger partial charge in [0.15, 0.2) is 5.82 Å². The minimum absolute atomic E-state index is 0.483. The molecule has 0 aliphatic carbocycles. The summed E-state index contributed by atoms with van der Waals surface area (Å²) in [5.74, 6) is -1.11. The number of nitrogens with zero attached hydrogens (tertiary/aromatic N) is 4. The van der Waals surface area contributed by atoms with Gasteiger partial charge in [0.05, 0.1) is 11.4 Å². The fraction of sp³-hybridized carbons (Fsp3) is 0.214. The molecule has 1 atom stereocenters. The van der Waals surface area contributed by atoms with Gasteiger partial charge in [-0.2, -0.15) is 0 Å². The fourth-order valence-electron chi connectivity index (χ4n) is 4.02. The SMILES string of the molecule is CC(CN(C)C)CN1c2ccccc2C(c2ccccc2)=Nc2cccnc21.O=C(O)/C=C/C(=O)O. The lowest BCUT2D eigenvalue weighted by Gasteiger charge is -2.29. The molecule has 0 bridgehead atoms. The topological polar surface area (TPSA) is 106 Å². The minimum Gasteiger partial charge on any atom is -0.478 e. The van der Waals surface area contributed by atoms with Gasteiger partial charge in [0, 0.05) is 42.6 Å². The van der Waals surface area contributed by atoms with Crippen LogP contribution in [0.3, 0.4) is 0 Å². The average molecular weight is 487 g/mol. The molecule has 2 aromatic carbocycles. The highest BCUT2D eigenvalue weighted by Gasteiger charge is 2.25. The van der Waals surface area contributed by atoms with E-state index in [0.717, 1.165) is 47.1 Å². The second-order valence-corrected chi connectivity index (χ2v) is 8.68. The molecule has 36 heavy (non-hydrogen) atoms. The molecule has 0 saturated heterocycles. The maximum Gasteiger partial charge on any atom is 0.328 e. The Balaban J connectivity index is 0.000000392. The number of carboxylic acid groups (broad SMARTS) is 2. The van der Waals surface area contributed by atoms with Crippen molar-refractivity contribution in [2.45, 2.75) is 6.92 Å². The van der Waals surface area contributed by atoms with E-state index in [2.05, 4.69) is 85.4 Å². The Bertz CT molecular complexity index is 1240. The summed E-state index contributed by atoms with van der Waals surface area (Å²) in [6.07, 6.45) is 2.97. The summed E-state index contributed by atoms with van der Waals surface area (Å²) >= 11 is 0. The van der Waals surface area contributed by atoms with Crippen molar-refractivity contribution in [3.05, 3.63) is 96.2 Å². The number of rotatable bonds is 7. The lowest BCUT2D eigenvalue weighted by atomic mass is 9.99. The molecule has 0 saturated carbocycles. The zero-order valence-electron chi connectivity index (χ0n) is 20.6. The smallest absolute Gasteiger partial charge is 0.328 e. The molecule has 3 aromatic rings. The number of fused-ring (bicyclic) bond motifs is 2. The van der Waals surface area contributed by atoms with Crippen molar-refractivity contribution in [3.63, 3.8) is 0 Å². The van der Waals surface area contributed by atoms with Crippen molar-refractivity contribution in [3.8, 4) is 0 Å². The van der Waals surface area contributed by atoms with E-state index >= 15 is 0 Å². The molecule has 186 valence electrons. The highest BCUT2D eigenvalue weighted by atomic mass is 16.4. The third-order valence-corrected chi connectivity index (χ3v) is 5.29. The van der Waals surface area contributed by atoms with Gasteiger partial charge < -0.3 is 20.0 Å². The molecule has 1 aliphatic rings. The molecule has 1 aromatic heterocycles. The minimum atomic E-state index is -1.26. The van der Waals surface area contributed by atoms with Crippen LogP contribution in [0.25, 0.3) is 0 Å². The Kier molecular flexibility index (Phi) is 9.07. The van der Waals surface area contributed by atoms with Gasteiger partial charge in [-0.05, 0) is 38.2 Å². The zero-order valence-corrected chi connectivity index (χ0v) is 20.6. The maximum atomic E-state index is 9.55. The molecule has 0 amide bonds. The Hall–Kier alpha value is -4.30. The summed E-state index contributed by atoms with van der Waals surface area (Å²) in [6, 6.07) is 22.9. The van der Waals surface area contributed by atoms with Crippen molar-refractivity contribution >= 4 is 34.8 Å². The first-order valence-electron chi connectivity index (χ1n) is 11.5. The number of aromatic nitrogens is 1. The van der Waals surface area contributed by atoms with Crippen LogP contribution >= 0.6 is 0 Å².